The van der Waals surface area contributed by atoms with E-state index in [1.165, 1.54) is 4.90 Å². The molecule has 2 saturated heterocycles. The lowest BCUT2D eigenvalue weighted by Crippen LogP contribution is -2.52. The number of imide groups is 1. The molecule has 3 aliphatic rings. The second kappa shape index (κ2) is 9.37. The number of nitrogens with one attached hydrogen (secondary N) is 2. The molecule has 0 aliphatic carbocycles. The first-order valence-corrected chi connectivity index (χ1v) is 10.9. The SMILES string of the molecule is O=C(CCCCN1CCOC1=O)NCc1ccc2c(c1)C(=O)N(C1CCC(=O)NC1=O)C2. The van der Waals surface area contributed by atoms with Crippen LogP contribution in [0.4, 0.5) is 4.79 Å². The standard InChI is InChI=1S/C22H26N4O6/c27-18(3-1-2-8-25-9-10-32-22(25)31)23-12-14-4-5-15-13-26(21(30)16(15)11-14)17-6-7-19(28)24-20(17)29/h4-5,11,17H,1-3,6-10,12-13H2,(H,23,27)(H,24,28,29). The molecule has 1 aromatic rings. The van der Waals surface area contributed by atoms with Crippen molar-refractivity contribution in [3.63, 3.8) is 0 Å². The smallest absolute Gasteiger partial charge is 0.409 e. The average Bonchev–Trinajstić information content (AvgIpc) is 3.32. The van der Waals surface area contributed by atoms with E-state index in [1.54, 1.807) is 11.0 Å². The van der Waals surface area contributed by atoms with Crippen LogP contribution in [0.2, 0.25) is 0 Å². The lowest BCUT2D eigenvalue weighted by molar-refractivity contribution is -0.137. The Morgan fingerprint density at radius 2 is 2.03 bits per heavy atom. The van der Waals surface area contributed by atoms with Crippen molar-refractivity contribution in [2.24, 2.45) is 0 Å². The molecular weight excluding hydrogens is 416 g/mol. The Morgan fingerprint density at radius 1 is 1.19 bits per heavy atom. The highest BCUT2D eigenvalue weighted by atomic mass is 16.6. The molecule has 2 N–H and O–H groups in total. The fourth-order valence-electron chi connectivity index (χ4n) is 4.22. The largest absolute Gasteiger partial charge is 0.448 e. The quantitative estimate of drug-likeness (QED) is 0.451. The van der Waals surface area contributed by atoms with Gasteiger partial charge in [0.25, 0.3) is 5.91 Å². The lowest BCUT2D eigenvalue weighted by atomic mass is 10.0. The second-order valence-electron chi connectivity index (χ2n) is 8.23. The fraction of sp³-hybridized carbons (Fsp3) is 0.500. The van der Waals surface area contributed by atoms with Crippen LogP contribution < -0.4 is 10.6 Å². The van der Waals surface area contributed by atoms with E-state index in [4.69, 9.17) is 4.74 Å². The Bertz CT molecular complexity index is 962. The normalized spacial score (nSPS) is 20.3. The highest BCUT2D eigenvalue weighted by Gasteiger charge is 2.39. The Labute approximate surface area is 185 Å². The molecule has 1 unspecified atom stereocenters. The van der Waals surface area contributed by atoms with Crippen LogP contribution in [0.3, 0.4) is 0 Å². The van der Waals surface area contributed by atoms with E-state index in [2.05, 4.69) is 10.6 Å². The van der Waals surface area contributed by atoms with Gasteiger partial charge in [0.15, 0.2) is 0 Å². The number of ether oxygens (including phenoxy) is 1. The summed E-state index contributed by atoms with van der Waals surface area (Å²) in [5.41, 5.74) is 2.16. The zero-order chi connectivity index (χ0) is 22.7. The molecule has 0 radical (unpaired) electrons. The summed E-state index contributed by atoms with van der Waals surface area (Å²) >= 11 is 0. The number of piperidine rings is 1. The van der Waals surface area contributed by atoms with Crippen molar-refractivity contribution in [3.05, 3.63) is 34.9 Å². The summed E-state index contributed by atoms with van der Waals surface area (Å²) in [4.78, 5) is 63.0. The van der Waals surface area contributed by atoms with Gasteiger partial charge in [0.1, 0.15) is 12.6 Å². The molecule has 0 saturated carbocycles. The highest BCUT2D eigenvalue weighted by Crippen LogP contribution is 2.28. The Morgan fingerprint density at radius 3 is 2.78 bits per heavy atom. The van der Waals surface area contributed by atoms with E-state index < -0.39 is 11.9 Å². The van der Waals surface area contributed by atoms with Crippen LogP contribution in [0.5, 0.6) is 0 Å². The molecule has 0 bridgehead atoms. The number of hydrogen-bond donors (Lipinski definition) is 2. The van der Waals surface area contributed by atoms with Gasteiger partial charge in [0.2, 0.25) is 17.7 Å². The van der Waals surface area contributed by atoms with Gasteiger partial charge in [-0.2, -0.15) is 0 Å². The monoisotopic (exact) mass is 442 g/mol. The second-order valence-corrected chi connectivity index (χ2v) is 8.23. The van der Waals surface area contributed by atoms with Gasteiger partial charge in [0, 0.05) is 38.0 Å². The van der Waals surface area contributed by atoms with E-state index in [1.807, 2.05) is 12.1 Å². The summed E-state index contributed by atoms with van der Waals surface area (Å²) in [7, 11) is 0. The molecule has 170 valence electrons. The zero-order valence-electron chi connectivity index (χ0n) is 17.7. The van der Waals surface area contributed by atoms with E-state index in [0.717, 1.165) is 17.5 Å². The topological polar surface area (TPSA) is 125 Å². The first-order chi connectivity index (χ1) is 15.4. The fourth-order valence-corrected chi connectivity index (χ4v) is 4.22. The van der Waals surface area contributed by atoms with E-state index in [-0.39, 0.29) is 30.2 Å². The van der Waals surface area contributed by atoms with Gasteiger partial charge in [-0.25, -0.2) is 4.79 Å². The van der Waals surface area contributed by atoms with Crippen molar-refractivity contribution in [2.45, 2.75) is 51.2 Å². The molecule has 1 aromatic carbocycles. The number of fused-ring (bicyclic) bond motifs is 1. The third-order valence-corrected chi connectivity index (χ3v) is 6.01. The number of unbranched alkanes of at least 4 members (excludes halogenated alkanes) is 1. The van der Waals surface area contributed by atoms with E-state index in [0.29, 0.717) is 57.6 Å². The number of cyclic esters (lactones) is 1. The maximum Gasteiger partial charge on any atom is 0.409 e. The summed E-state index contributed by atoms with van der Waals surface area (Å²) in [6.45, 7) is 2.24. The first kappa shape index (κ1) is 21.8. The van der Waals surface area contributed by atoms with Crippen LogP contribution in [0.1, 0.15) is 53.6 Å². The first-order valence-electron chi connectivity index (χ1n) is 10.9. The predicted molar refractivity (Wildman–Crippen MR) is 111 cm³/mol. The molecule has 3 heterocycles. The third kappa shape index (κ3) is 4.74. The number of benzene rings is 1. The van der Waals surface area contributed by atoms with Crippen LogP contribution in [-0.2, 0) is 32.2 Å². The van der Waals surface area contributed by atoms with Gasteiger partial charge >= 0.3 is 6.09 Å². The molecule has 10 heteroatoms. The number of carbonyl (C=O) groups excluding carboxylic acids is 5. The minimum Gasteiger partial charge on any atom is -0.448 e. The summed E-state index contributed by atoms with van der Waals surface area (Å²) < 4.78 is 4.87. The van der Waals surface area contributed by atoms with Gasteiger partial charge in [-0.1, -0.05) is 12.1 Å². The van der Waals surface area contributed by atoms with Gasteiger partial charge < -0.3 is 19.9 Å². The van der Waals surface area contributed by atoms with Gasteiger partial charge in [-0.3, -0.25) is 24.5 Å². The minimum atomic E-state index is -0.641. The molecule has 1 atom stereocenters. The maximum absolute atomic E-state index is 12.9. The molecule has 2 fully saturated rings. The van der Waals surface area contributed by atoms with Crippen molar-refractivity contribution in [1.29, 1.82) is 0 Å². The van der Waals surface area contributed by atoms with E-state index >= 15 is 0 Å². The number of hydrogen-bond acceptors (Lipinski definition) is 6. The molecule has 32 heavy (non-hydrogen) atoms. The number of rotatable bonds is 8. The average molecular weight is 442 g/mol. The molecule has 10 nitrogen and oxygen atoms in total. The van der Waals surface area contributed by atoms with Gasteiger partial charge in [-0.15, -0.1) is 0 Å². The molecule has 4 rings (SSSR count). The summed E-state index contributed by atoms with van der Waals surface area (Å²) in [5.74, 6) is -1.07. The number of nitrogens with zero attached hydrogens (tertiary/aromatic N) is 2. The van der Waals surface area contributed by atoms with Crippen molar-refractivity contribution in [1.82, 2.24) is 20.4 Å². The van der Waals surface area contributed by atoms with Crippen LogP contribution in [-0.4, -0.2) is 65.3 Å². The van der Waals surface area contributed by atoms with Crippen molar-refractivity contribution < 1.29 is 28.7 Å². The van der Waals surface area contributed by atoms with Gasteiger partial charge in [0.05, 0.1) is 6.54 Å². The Kier molecular flexibility index (Phi) is 6.38. The summed E-state index contributed by atoms with van der Waals surface area (Å²) in [6, 6.07) is 4.82. The maximum atomic E-state index is 12.9. The molecular formula is C22H26N4O6. The Hall–Kier alpha value is -3.43. The molecule has 3 aliphatic heterocycles. The lowest BCUT2D eigenvalue weighted by Gasteiger charge is -2.29. The van der Waals surface area contributed by atoms with Crippen LogP contribution in [0.15, 0.2) is 18.2 Å². The van der Waals surface area contributed by atoms with Crippen molar-refractivity contribution in [2.75, 3.05) is 19.7 Å². The van der Waals surface area contributed by atoms with Gasteiger partial charge in [-0.05, 0) is 36.5 Å². The van der Waals surface area contributed by atoms with Crippen molar-refractivity contribution >= 4 is 29.7 Å². The van der Waals surface area contributed by atoms with Crippen LogP contribution in [0, 0.1) is 0 Å². The van der Waals surface area contributed by atoms with E-state index in [9.17, 15) is 24.0 Å². The van der Waals surface area contributed by atoms with Crippen LogP contribution >= 0.6 is 0 Å². The molecule has 5 amide bonds. The minimum absolute atomic E-state index is 0.0917. The van der Waals surface area contributed by atoms with Crippen LogP contribution in [0.25, 0.3) is 0 Å². The predicted octanol–water partition coefficient (Wildman–Crippen LogP) is 0.686. The van der Waals surface area contributed by atoms with Crippen molar-refractivity contribution in [3.8, 4) is 0 Å². The third-order valence-electron chi connectivity index (χ3n) is 6.01. The number of carbonyl (C=O) groups is 5. The highest BCUT2D eigenvalue weighted by molar-refractivity contribution is 6.05. The molecule has 0 spiro atoms. The Balaban J connectivity index is 1.24. The summed E-state index contributed by atoms with van der Waals surface area (Å²) in [6.07, 6.45) is 2.00. The molecule has 0 aromatic heterocycles. The zero-order valence-corrected chi connectivity index (χ0v) is 17.7. The summed E-state index contributed by atoms with van der Waals surface area (Å²) in [5, 5.41) is 5.15. The number of amides is 5.